The predicted octanol–water partition coefficient (Wildman–Crippen LogP) is 13.7. The van der Waals surface area contributed by atoms with Crippen molar-refractivity contribution in [2.75, 3.05) is 13.2 Å². The van der Waals surface area contributed by atoms with Gasteiger partial charge in [0.05, 0.1) is 25.4 Å². The van der Waals surface area contributed by atoms with Crippen LogP contribution in [0.15, 0.2) is 72.9 Å². The molecule has 1 aliphatic rings. The topological polar surface area (TPSA) is 149 Å². The molecule has 0 aromatic carbocycles. The SMILES string of the molecule is CC/C=C\C/C=C\C/C=C\C/C=C\C/C=C\C/C=C\CCCCCCCCCCC(=O)NC(COC1OC(CO)C(O)C(O)C1O)C(O)CCCCCCCCCCCCCCCCCCCC. The molecule has 9 nitrogen and oxygen atoms in total. The average Bonchev–Trinajstić information content (AvgIpc) is 3.34. The van der Waals surface area contributed by atoms with Crippen LogP contribution < -0.4 is 5.32 Å². The highest BCUT2D eigenvalue weighted by molar-refractivity contribution is 5.76. The second-order valence-electron chi connectivity index (χ2n) is 19.4. The molecule has 1 heterocycles. The lowest BCUT2D eigenvalue weighted by molar-refractivity contribution is -0.302. The largest absolute Gasteiger partial charge is 0.394 e. The molecule has 0 aromatic rings. The smallest absolute Gasteiger partial charge is 0.220 e. The molecule has 0 bridgehead atoms. The van der Waals surface area contributed by atoms with Gasteiger partial charge in [-0.05, 0) is 64.2 Å². The molecule has 1 rings (SSSR count). The van der Waals surface area contributed by atoms with Crippen LogP contribution in [0.3, 0.4) is 0 Å². The molecular weight excluding hydrogens is 851 g/mol. The molecule has 0 radical (unpaired) electrons. The second-order valence-corrected chi connectivity index (χ2v) is 19.4. The minimum Gasteiger partial charge on any atom is -0.394 e. The van der Waals surface area contributed by atoms with Gasteiger partial charge in [0.25, 0.3) is 0 Å². The summed E-state index contributed by atoms with van der Waals surface area (Å²) in [7, 11) is 0. The van der Waals surface area contributed by atoms with Crippen LogP contribution in [0.25, 0.3) is 0 Å². The number of carbonyl (C=O) groups excluding carboxylic acids is 1. The van der Waals surface area contributed by atoms with Gasteiger partial charge in [-0.15, -0.1) is 0 Å². The van der Waals surface area contributed by atoms with Crippen LogP contribution in [-0.4, -0.2) is 87.5 Å². The molecule has 6 N–H and O–H groups in total. The number of aliphatic hydroxyl groups is 5. The summed E-state index contributed by atoms with van der Waals surface area (Å²) in [5.74, 6) is -0.154. The number of hydrogen-bond donors (Lipinski definition) is 6. The van der Waals surface area contributed by atoms with Crippen molar-refractivity contribution < 1.29 is 39.8 Å². The first-order valence-corrected chi connectivity index (χ1v) is 28.1. The molecule has 7 unspecified atom stereocenters. The Labute approximate surface area is 417 Å². The van der Waals surface area contributed by atoms with Gasteiger partial charge in [-0.3, -0.25) is 4.79 Å². The van der Waals surface area contributed by atoms with Gasteiger partial charge in [0.1, 0.15) is 24.4 Å². The van der Waals surface area contributed by atoms with E-state index in [-0.39, 0.29) is 12.5 Å². The molecule has 1 saturated heterocycles. The van der Waals surface area contributed by atoms with Crippen molar-refractivity contribution in [2.24, 2.45) is 0 Å². The summed E-state index contributed by atoms with van der Waals surface area (Å²) in [5.41, 5.74) is 0. The lowest BCUT2D eigenvalue weighted by atomic mass is 9.99. The molecule has 9 heteroatoms. The van der Waals surface area contributed by atoms with Crippen molar-refractivity contribution in [1.29, 1.82) is 0 Å². The third-order valence-corrected chi connectivity index (χ3v) is 13.1. The van der Waals surface area contributed by atoms with Gasteiger partial charge in [-0.2, -0.15) is 0 Å². The van der Waals surface area contributed by atoms with Crippen LogP contribution in [0.1, 0.15) is 239 Å². The van der Waals surface area contributed by atoms with Crippen molar-refractivity contribution in [3.05, 3.63) is 72.9 Å². The number of rotatable bonds is 47. The maximum atomic E-state index is 13.1. The Kier molecular flexibility index (Phi) is 45.2. The zero-order chi connectivity index (χ0) is 49.4. The van der Waals surface area contributed by atoms with Gasteiger partial charge < -0.3 is 40.3 Å². The summed E-state index contributed by atoms with van der Waals surface area (Å²) in [4.78, 5) is 13.1. The number of nitrogens with one attached hydrogen (secondary N) is 1. The van der Waals surface area contributed by atoms with Crippen molar-refractivity contribution in [1.82, 2.24) is 5.32 Å². The lowest BCUT2D eigenvalue weighted by Crippen LogP contribution is -2.60. The van der Waals surface area contributed by atoms with E-state index in [1.165, 1.54) is 122 Å². The minimum absolute atomic E-state index is 0.144. The third-order valence-electron chi connectivity index (χ3n) is 13.1. The van der Waals surface area contributed by atoms with E-state index in [0.717, 1.165) is 89.9 Å². The molecule has 68 heavy (non-hydrogen) atoms. The van der Waals surface area contributed by atoms with Crippen LogP contribution in [0, 0.1) is 0 Å². The maximum absolute atomic E-state index is 13.1. The molecule has 394 valence electrons. The van der Waals surface area contributed by atoms with E-state index < -0.39 is 49.5 Å². The van der Waals surface area contributed by atoms with Crippen molar-refractivity contribution in [3.8, 4) is 0 Å². The zero-order valence-electron chi connectivity index (χ0n) is 43.6. The molecule has 1 aliphatic heterocycles. The van der Waals surface area contributed by atoms with Gasteiger partial charge in [-0.1, -0.05) is 241 Å². The predicted molar refractivity (Wildman–Crippen MR) is 285 cm³/mol. The van der Waals surface area contributed by atoms with Gasteiger partial charge in [0.2, 0.25) is 5.91 Å². The van der Waals surface area contributed by atoms with Crippen molar-refractivity contribution >= 4 is 5.91 Å². The molecule has 0 spiro atoms. The molecule has 7 atom stereocenters. The van der Waals surface area contributed by atoms with Gasteiger partial charge >= 0.3 is 0 Å². The first kappa shape index (κ1) is 63.6. The average molecular weight is 956 g/mol. The fraction of sp³-hybridized carbons (Fsp3) is 0.780. The summed E-state index contributed by atoms with van der Waals surface area (Å²) in [6, 6.07) is -0.728. The van der Waals surface area contributed by atoms with E-state index in [2.05, 4.69) is 92.1 Å². The quantitative estimate of drug-likeness (QED) is 0.0261. The Morgan fingerprint density at radius 3 is 1.35 bits per heavy atom. The van der Waals surface area contributed by atoms with E-state index in [9.17, 15) is 30.3 Å². The van der Waals surface area contributed by atoms with Crippen LogP contribution in [-0.2, 0) is 14.3 Å². The Morgan fingerprint density at radius 1 is 0.515 bits per heavy atom. The minimum atomic E-state index is -1.56. The summed E-state index contributed by atoms with van der Waals surface area (Å²) >= 11 is 0. The van der Waals surface area contributed by atoms with E-state index in [4.69, 9.17) is 9.47 Å². The molecule has 0 aliphatic carbocycles. The van der Waals surface area contributed by atoms with Crippen LogP contribution in [0.5, 0.6) is 0 Å². The Morgan fingerprint density at radius 2 is 0.912 bits per heavy atom. The second kappa shape index (κ2) is 48.3. The number of amides is 1. The van der Waals surface area contributed by atoms with Gasteiger partial charge in [-0.25, -0.2) is 0 Å². The number of aliphatic hydroxyl groups excluding tert-OH is 5. The number of allylic oxidation sites excluding steroid dienone is 12. The van der Waals surface area contributed by atoms with Crippen molar-refractivity contribution in [2.45, 2.75) is 281 Å². The van der Waals surface area contributed by atoms with E-state index in [1.807, 2.05) is 0 Å². The zero-order valence-corrected chi connectivity index (χ0v) is 43.6. The highest BCUT2D eigenvalue weighted by Gasteiger charge is 2.44. The molecule has 0 saturated carbocycles. The molecule has 1 amide bonds. The van der Waals surface area contributed by atoms with Crippen LogP contribution in [0.4, 0.5) is 0 Å². The van der Waals surface area contributed by atoms with E-state index >= 15 is 0 Å². The summed E-state index contributed by atoms with van der Waals surface area (Å²) in [6.07, 6.45) is 59.1. The summed E-state index contributed by atoms with van der Waals surface area (Å²) < 4.78 is 11.3. The molecule has 0 aromatic heterocycles. The van der Waals surface area contributed by atoms with Crippen LogP contribution in [0.2, 0.25) is 0 Å². The monoisotopic (exact) mass is 956 g/mol. The first-order valence-electron chi connectivity index (χ1n) is 28.1. The van der Waals surface area contributed by atoms with Crippen molar-refractivity contribution in [3.63, 3.8) is 0 Å². The Balaban J connectivity index is 2.23. The summed E-state index contributed by atoms with van der Waals surface area (Å²) in [6.45, 7) is 3.73. The highest BCUT2D eigenvalue weighted by atomic mass is 16.7. The maximum Gasteiger partial charge on any atom is 0.220 e. The normalized spacial score (nSPS) is 20.1. The fourth-order valence-electron chi connectivity index (χ4n) is 8.64. The number of hydrogen-bond acceptors (Lipinski definition) is 8. The van der Waals surface area contributed by atoms with E-state index in [0.29, 0.717) is 12.8 Å². The highest BCUT2D eigenvalue weighted by Crippen LogP contribution is 2.23. The van der Waals surface area contributed by atoms with Crippen LogP contribution >= 0.6 is 0 Å². The molecular formula is C59H105NO8. The Bertz CT molecular complexity index is 1290. The number of carbonyl (C=O) groups is 1. The fourth-order valence-corrected chi connectivity index (χ4v) is 8.64. The van der Waals surface area contributed by atoms with Gasteiger partial charge in [0.15, 0.2) is 6.29 Å². The summed E-state index contributed by atoms with van der Waals surface area (Å²) in [5, 5.41) is 54.6. The number of ether oxygens (including phenoxy) is 2. The Hall–Kier alpha value is -2.37. The molecule has 1 fully saturated rings. The first-order chi connectivity index (χ1) is 33.3. The third kappa shape index (κ3) is 37.5. The number of unbranched alkanes of at least 4 members (excludes halogenated alkanes) is 25. The standard InChI is InChI=1S/C59H105NO8/c1-3-5-7-9-11-13-15-17-19-21-23-24-25-26-27-28-29-30-31-33-35-37-39-41-43-45-47-49-55(63)60-52(51-67-59-58(66)57(65)56(64)54(50-61)68-59)53(62)48-46-44-42-40-38-36-34-32-22-20-18-16-14-12-10-8-6-4-2/h5,7,11,13,17,19,23-24,26-27,29-30,52-54,56-59,61-62,64-66H,3-4,6,8-10,12,14-16,18,20-22,25,28,31-51H2,1-2H3,(H,60,63)/b7-5-,13-11-,19-17-,24-23-,27-26-,30-29-. The van der Waals surface area contributed by atoms with E-state index in [1.54, 1.807) is 0 Å². The van der Waals surface area contributed by atoms with Gasteiger partial charge in [0, 0.05) is 6.42 Å². The lowest BCUT2D eigenvalue weighted by Gasteiger charge is -2.40.